The first-order valence-corrected chi connectivity index (χ1v) is 8.26. The number of nitrogens with one attached hydrogen (secondary N) is 1. The molecule has 0 aliphatic carbocycles. The second kappa shape index (κ2) is 8.75. The number of nitrogens with zero attached hydrogens (tertiary/aromatic N) is 2. The SMILES string of the molecule is CCN(CCCNC(=O)c1cnc(Cl)c(Cl)c1)c1ccccc1. The highest BCUT2D eigenvalue weighted by atomic mass is 35.5. The normalized spacial score (nSPS) is 10.4. The van der Waals surface area contributed by atoms with Gasteiger partial charge in [-0.2, -0.15) is 0 Å². The first-order chi connectivity index (χ1) is 11.1. The van der Waals surface area contributed by atoms with Gasteiger partial charge >= 0.3 is 0 Å². The van der Waals surface area contributed by atoms with Crippen molar-refractivity contribution in [1.82, 2.24) is 10.3 Å². The molecule has 0 aliphatic heterocycles. The minimum absolute atomic E-state index is 0.196. The largest absolute Gasteiger partial charge is 0.372 e. The molecule has 1 N–H and O–H groups in total. The van der Waals surface area contributed by atoms with Gasteiger partial charge in [-0.25, -0.2) is 4.98 Å². The Balaban J connectivity index is 1.80. The molecule has 0 saturated carbocycles. The molecule has 1 amide bonds. The minimum Gasteiger partial charge on any atom is -0.372 e. The topological polar surface area (TPSA) is 45.2 Å². The molecule has 4 nitrogen and oxygen atoms in total. The van der Waals surface area contributed by atoms with Crippen molar-refractivity contribution in [1.29, 1.82) is 0 Å². The number of para-hydroxylation sites is 1. The Labute approximate surface area is 146 Å². The number of hydrogen-bond donors (Lipinski definition) is 1. The van der Waals surface area contributed by atoms with Crippen molar-refractivity contribution in [3.8, 4) is 0 Å². The van der Waals surface area contributed by atoms with Crippen LogP contribution in [0.15, 0.2) is 42.6 Å². The van der Waals surface area contributed by atoms with Gasteiger partial charge in [0.15, 0.2) is 0 Å². The Kier molecular flexibility index (Phi) is 6.68. The lowest BCUT2D eigenvalue weighted by Crippen LogP contribution is -2.30. The van der Waals surface area contributed by atoms with E-state index in [-0.39, 0.29) is 16.1 Å². The summed E-state index contributed by atoms with van der Waals surface area (Å²) in [5.74, 6) is -0.196. The Morgan fingerprint density at radius 2 is 2.00 bits per heavy atom. The van der Waals surface area contributed by atoms with Gasteiger partial charge in [0, 0.05) is 31.5 Å². The van der Waals surface area contributed by atoms with Crippen molar-refractivity contribution >= 4 is 34.8 Å². The highest BCUT2D eigenvalue weighted by molar-refractivity contribution is 6.41. The van der Waals surface area contributed by atoms with Gasteiger partial charge in [0.2, 0.25) is 0 Å². The number of pyridine rings is 1. The van der Waals surface area contributed by atoms with E-state index in [1.807, 2.05) is 18.2 Å². The summed E-state index contributed by atoms with van der Waals surface area (Å²) in [6.45, 7) is 4.50. The first kappa shape index (κ1) is 17.6. The van der Waals surface area contributed by atoms with Crippen LogP contribution in [0.2, 0.25) is 10.2 Å². The number of benzene rings is 1. The van der Waals surface area contributed by atoms with Gasteiger partial charge in [-0.3, -0.25) is 4.79 Å². The van der Waals surface area contributed by atoms with Crippen molar-refractivity contribution in [2.75, 3.05) is 24.5 Å². The van der Waals surface area contributed by atoms with Gasteiger partial charge in [0.1, 0.15) is 5.15 Å². The van der Waals surface area contributed by atoms with Crippen molar-refractivity contribution in [2.24, 2.45) is 0 Å². The van der Waals surface area contributed by atoms with Crippen LogP contribution in [0.5, 0.6) is 0 Å². The minimum atomic E-state index is -0.196. The van der Waals surface area contributed by atoms with E-state index in [1.54, 1.807) is 0 Å². The smallest absolute Gasteiger partial charge is 0.252 e. The standard InChI is InChI=1S/C17H19Cl2N3O/c1-2-22(14-7-4-3-5-8-14)10-6-9-20-17(23)13-11-15(18)16(19)21-12-13/h3-5,7-8,11-12H,2,6,9-10H2,1H3,(H,20,23). The molecular formula is C17H19Cl2N3O. The number of halogens is 2. The summed E-state index contributed by atoms with van der Waals surface area (Å²) in [5, 5.41) is 3.35. The average Bonchev–Trinajstić information content (AvgIpc) is 2.58. The molecule has 122 valence electrons. The maximum absolute atomic E-state index is 12.0. The molecule has 1 heterocycles. The second-order valence-corrected chi connectivity index (χ2v) is 5.79. The monoisotopic (exact) mass is 351 g/mol. The molecule has 0 unspecified atom stereocenters. The van der Waals surface area contributed by atoms with E-state index in [0.29, 0.717) is 12.1 Å². The van der Waals surface area contributed by atoms with Gasteiger partial charge in [-0.1, -0.05) is 41.4 Å². The van der Waals surface area contributed by atoms with Crippen LogP contribution in [-0.4, -0.2) is 30.5 Å². The van der Waals surface area contributed by atoms with E-state index < -0.39 is 0 Å². The van der Waals surface area contributed by atoms with Gasteiger partial charge in [-0.15, -0.1) is 0 Å². The van der Waals surface area contributed by atoms with Crippen LogP contribution in [0.25, 0.3) is 0 Å². The predicted octanol–water partition coefficient (Wildman–Crippen LogP) is 4.03. The zero-order chi connectivity index (χ0) is 16.7. The summed E-state index contributed by atoms with van der Waals surface area (Å²) in [4.78, 5) is 18.2. The van der Waals surface area contributed by atoms with Crippen LogP contribution in [0.3, 0.4) is 0 Å². The van der Waals surface area contributed by atoms with Crippen LogP contribution in [0.1, 0.15) is 23.7 Å². The molecule has 2 aromatic rings. The third-order valence-corrected chi connectivity index (χ3v) is 4.14. The molecule has 1 aromatic heterocycles. The fraction of sp³-hybridized carbons (Fsp3) is 0.294. The van der Waals surface area contributed by atoms with Crippen LogP contribution in [-0.2, 0) is 0 Å². The summed E-state index contributed by atoms with van der Waals surface area (Å²) in [7, 11) is 0. The Morgan fingerprint density at radius 3 is 2.65 bits per heavy atom. The summed E-state index contributed by atoms with van der Waals surface area (Å²) < 4.78 is 0. The van der Waals surface area contributed by atoms with Crippen LogP contribution < -0.4 is 10.2 Å². The van der Waals surface area contributed by atoms with E-state index in [2.05, 4.69) is 34.3 Å². The predicted molar refractivity (Wildman–Crippen MR) is 95.5 cm³/mol. The zero-order valence-corrected chi connectivity index (χ0v) is 14.4. The maximum Gasteiger partial charge on any atom is 0.252 e. The van der Waals surface area contributed by atoms with Crippen molar-refractivity contribution < 1.29 is 4.79 Å². The maximum atomic E-state index is 12.0. The van der Waals surface area contributed by atoms with Crippen LogP contribution >= 0.6 is 23.2 Å². The third kappa shape index (κ3) is 5.12. The van der Waals surface area contributed by atoms with Gasteiger partial charge in [0.05, 0.1) is 10.6 Å². The molecular weight excluding hydrogens is 333 g/mol. The molecule has 0 bridgehead atoms. The molecule has 0 saturated heterocycles. The quantitative estimate of drug-likeness (QED) is 0.604. The fourth-order valence-electron chi connectivity index (χ4n) is 2.23. The number of amides is 1. The molecule has 0 spiro atoms. The summed E-state index contributed by atoms with van der Waals surface area (Å²) in [5.41, 5.74) is 1.60. The van der Waals surface area contributed by atoms with Crippen LogP contribution in [0.4, 0.5) is 5.69 Å². The lowest BCUT2D eigenvalue weighted by atomic mass is 10.2. The van der Waals surface area contributed by atoms with Gasteiger partial charge in [0.25, 0.3) is 5.91 Å². The number of carbonyl (C=O) groups excluding carboxylic acids is 1. The molecule has 1 aromatic carbocycles. The number of carbonyl (C=O) groups is 1. The molecule has 0 atom stereocenters. The highest BCUT2D eigenvalue weighted by Gasteiger charge is 2.09. The first-order valence-electron chi connectivity index (χ1n) is 7.51. The zero-order valence-electron chi connectivity index (χ0n) is 12.9. The summed E-state index contributed by atoms with van der Waals surface area (Å²) in [6.07, 6.45) is 2.27. The van der Waals surface area contributed by atoms with E-state index >= 15 is 0 Å². The van der Waals surface area contributed by atoms with E-state index in [4.69, 9.17) is 23.2 Å². The Bertz CT molecular complexity index is 650. The molecule has 0 aliphatic rings. The lowest BCUT2D eigenvalue weighted by molar-refractivity contribution is 0.0953. The number of anilines is 1. The van der Waals surface area contributed by atoms with Gasteiger partial charge < -0.3 is 10.2 Å². The number of aromatic nitrogens is 1. The third-order valence-electron chi connectivity index (χ3n) is 3.45. The number of hydrogen-bond acceptors (Lipinski definition) is 3. The summed E-state index contributed by atoms with van der Waals surface area (Å²) >= 11 is 11.6. The molecule has 6 heteroatoms. The molecule has 0 fully saturated rings. The molecule has 0 radical (unpaired) electrons. The highest BCUT2D eigenvalue weighted by Crippen LogP contribution is 2.19. The lowest BCUT2D eigenvalue weighted by Gasteiger charge is -2.23. The van der Waals surface area contributed by atoms with E-state index in [0.717, 1.165) is 19.5 Å². The Morgan fingerprint density at radius 1 is 1.26 bits per heavy atom. The average molecular weight is 352 g/mol. The second-order valence-electron chi connectivity index (χ2n) is 5.02. The van der Waals surface area contributed by atoms with Gasteiger partial charge in [-0.05, 0) is 31.5 Å². The number of rotatable bonds is 7. The summed E-state index contributed by atoms with van der Waals surface area (Å²) in [6, 6.07) is 11.7. The van der Waals surface area contributed by atoms with E-state index in [1.165, 1.54) is 18.0 Å². The van der Waals surface area contributed by atoms with E-state index in [9.17, 15) is 4.79 Å². The van der Waals surface area contributed by atoms with Crippen molar-refractivity contribution in [2.45, 2.75) is 13.3 Å². The van der Waals surface area contributed by atoms with Crippen molar-refractivity contribution in [3.05, 3.63) is 58.3 Å². The Hall–Kier alpha value is -1.78. The molecule has 2 rings (SSSR count). The van der Waals surface area contributed by atoms with Crippen molar-refractivity contribution in [3.63, 3.8) is 0 Å². The fourth-order valence-corrected chi connectivity index (χ4v) is 2.50. The van der Waals surface area contributed by atoms with Crippen LogP contribution in [0, 0.1) is 0 Å². The molecule has 23 heavy (non-hydrogen) atoms.